The molecule has 126 valence electrons. The number of aryl methyl sites for hydroxylation is 2. The van der Waals surface area contributed by atoms with Gasteiger partial charge in [-0.2, -0.15) is 5.10 Å². The zero-order valence-corrected chi connectivity index (χ0v) is 14.6. The molecule has 0 saturated heterocycles. The molecular formula is C16H19N5O2S. The van der Waals surface area contributed by atoms with Crippen LogP contribution in [0.3, 0.4) is 0 Å². The Morgan fingerprint density at radius 1 is 1.17 bits per heavy atom. The van der Waals surface area contributed by atoms with E-state index in [1.54, 1.807) is 35.5 Å². The largest absolute Gasteiger partial charge is 0.320 e. The van der Waals surface area contributed by atoms with Gasteiger partial charge in [-0.05, 0) is 32.0 Å². The predicted octanol–water partition coefficient (Wildman–Crippen LogP) is 1.99. The highest BCUT2D eigenvalue weighted by molar-refractivity contribution is 7.90. The minimum Gasteiger partial charge on any atom is -0.320 e. The zero-order chi connectivity index (χ0) is 17.3. The Balaban J connectivity index is 1.81. The number of hydrogen-bond donors (Lipinski definition) is 0. The summed E-state index contributed by atoms with van der Waals surface area (Å²) in [7, 11) is -1.70. The van der Waals surface area contributed by atoms with Crippen LogP contribution in [0, 0.1) is 6.92 Å². The average molecular weight is 345 g/mol. The Hall–Kier alpha value is -2.48. The van der Waals surface area contributed by atoms with Gasteiger partial charge >= 0.3 is 0 Å². The fourth-order valence-electron chi connectivity index (χ4n) is 2.43. The third-order valence-electron chi connectivity index (χ3n) is 3.94. The van der Waals surface area contributed by atoms with Gasteiger partial charge in [0.2, 0.25) is 0 Å². The van der Waals surface area contributed by atoms with E-state index in [-0.39, 0.29) is 5.75 Å². The maximum Gasteiger partial charge on any atom is 0.165 e. The van der Waals surface area contributed by atoms with Crippen LogP contribution in [-0.2, 0) is 22.6 Å². The van der Waals surface area contributed by atoms with Crippen LogP contribution in [0.15, 0.2) is 42.9 Å². The Kier molecular flexibility index (Phi) is 4.23. The second-order valence-electron chi connectivity index (χ2n) is 5.84. The lowest BCUT2D eigenvalue weighted by Crippen LogP contribution is -2.16. The molecule has 24 heavy (non-hydrogen) atoms. The minimum atomic E-state index is -3.43. The van der Waals surface area contributed by atoms with E-state index in [0.717, 1.165) is 11.3 Å². The van der Waals surface area contributed by atoms with Gasteiger partial charge in [0.1, 0.15) is 11.6 Å². The third kappa shape index (κ3) is 3.23. The van der Waals surface area contributed by atoms with Crippen LogP contribution in [0.25, 0.3) is 5.69 Å². The number of rotatable bonds is 5. The molecule has 8 heteroatoms. The summed E-state index contributed by atoms with van der Waals surface area (Å²) in [5.74, 6) is 0.285. The molecule has 2 aromatic heterocycles. The first-order valence-corrected chi connectivity index (χ1v) is 9.25. The van der Waals surface area contributed by atoms with E-state index >= 15 is 0 Å². The number of benzene rings is 1. The highest BCUT2D eigenvalue weighted by atomic mass is 32.2. The van der Waals surface area contributed by atoms with Crippen LogP contribution in [0.4, 0.5) is 0 Å². The van der Waals surface area contributed by atoms with Gasteiger partial charge in [0.25, 0.3) is 0 Å². The van der Waals surface area contributed by atoms with Crippen LogP contribution in [0.5, 0.6) is 0 Å². The van der Waals surface area contributed by atoms with Gasteiger partial charge in [0.15, 0.2) is 15.7 Å². The van der Waals surface area contributed by atoms with Crippen molar-refractivity contribution in [1.82, 2.24) is 24.5 Å². The second-order valence-corrected chi connectivity index (χ2v) is 8.16. The molecule has 0 spiro atoms. The number of sulfone groups is 1. The van der Waals surface area contributed by atoms with Crippen molar-refractivity contribution in [3.8, 4) is 5.69 Å². The molecule has 3 aromatic rings. The summed E-state index contributed by atoms with van der Waals surface area (Å²) in [5.41, 5.74) is 2.56. The highest BCUT2D eigenvalue weighted by Crippen LogP contribution is 2.23. The van der Waals surface area contributed by atoms with Gasteiger partial charge in [0.05, 0.1) is 17.1 Å². The molecule has 0 radical (unpaired) electrons. The van der Waals surface area contributed by atoms with E-state index < -0.39 is 15.1 Å². The van der Waals surface area contributed by atoms with Crippen molar-refractivity contribution in [2.45, 2.75) is 24.9 Å². The van der Waals surface area contributed by atoms with Gasteiger partial charge < -0.3 is 4.57 Å². The molecule has 0 N–H and O–H groups in total. The molecule has 7 nitrogen and oxygen atoms in total. The summed E-state index contributed by atoms with van der Waals surface area (Å²) in [4.78, 5) is 0. The van der Waals surface area contributed by atoms with Gasteiger partial charge in [-0.25, -0.2) is 13.1 Å². The van der Waals surface area contributed by atoms with Gasteiger partial charge in [0, 0.05) is 13.2 Å². The Labute approximate surface area is 140 Å². The van der Waals surface area contributed by atoms with Crippen molar-refractivity contribution in [3.63, 3.8) is 0 Å². The van der Waals surface area contributed by atoms with E-state index in [1.807, 2.05) is 31.2 Å². The predicted molar refractivity (Wildman–Crippen MR) is 90.3 cm³/mol. The summed E-state index contributed by atoms with van der Waals surface area (Å²) in [5, 5.41) is 11.3. The van der Waals surface area contributed by atoms with Crippen molar-refractivity contribution in [2.75, 3.05) is 0 Å². The summed E-state index contributed by atoms with van der Waals surface area (Å²) in [6.07, 6.45) is 3.26. The molecule has 1 unspecified atom stereocenters. The van der Waals surface area contributed by atoms with Crippen molar-refractivity contribution >= 4 is 9.84 Å². The second kappa shape index (κ2) is 6.20. The first-order valence-electron chi connectivity index (χ1n) is 7.54. The maximum atomic E-state index is 12.6. The van der Waals surface area contributed by atoms with Crippen LogP contribution < -0.4 is 0 Å². The summed E-state index contributed by atoms with van der Waals surface area (Å²) < 4.78 is 28.5. The topological polar surface area (TPSA) is 82.7 Å². The van der Waals surface area contributed by atoms with Gasteiger partial charge in [-0.15, -0.1) is 10.2 Å². The number of nitrogens with zero attached hydrogens (tertiary/aromatic N) is 5. The monoisotopic (exact) mass is 345 g/mol. The Bertz CT molecular complexity index is 941. The van der Waals surface area contributed by atoms with E-state index in [1.165, 1.54) is 6.33 Å². The molecule has 0 bridgehead atoms. The molecule has 1 aromatic carbocycles. The summed E-state index contributed by atoms with van der Waals surface area (Å²) in [6, 6.07) is 9.60. The van der Waals surface area contributed by atoms with E-state index in [9.17, 15) is 8.42 Å². The van der Waals surface area contributed by atoms with Gasteiger partial charge in [-0.3, -0.25) is 0 Å². The third-order valence-corrected chi connectivity index (χ3v) is 5.93. The maximum absolute atomic E-state index is 12.6. The molecular weight excluding hydrogens is 326 g/mol. The van der Waals surface area contributed by atoms with Crippen LogP contribution in [0.1, 0.15) is 29.3 Å². The van der Waals surface area contributed by atoms with E-state index in [2.05, 4.69) is 15.3 Å². The lowest BCUT2D eigenvalue weighted by atomic mass is 10.2. The Morgan fingerprint density at radius 2 is 1.88 bits per heavy atom. The molecule has 1 atom stereocenters. The molecule has 3 rings (SSSR count). The van der Waals surface area contributed by atoms with Crippen molar-refractivity contribution < 1.29 is 8.42 Å². The molecule has 0 aliphatic rings. The zero-order valence-electron chi connectivity index (χ0n) is 13.8. The van der Waals surface area contributed by atoms with Gasteiger partial charge in [-0.1, -0.05) is 17.7 Å². The molecule has 0 aliphatic carbocycles. The van der Waals surface area contributed by atoms with Crippen LogP contribution in [-0.4, -0.2) is 33.0 Å². The van der Waals surface area contributed by atoms with Crippen LogP contribution >= 0.6 is 0 Å². The van der Waals surface area contributed by atoms with E-state index in [4.69, 9.17) is 0 Å². The SMILES string of the molecule is Cc1ccc(-n2ccc(CS(=O)(=O)C(C)c3nncn3C)n2)cc1. The molecule has 2 heterocycles. The molecule has 0 fully saturated rings. The van der Waals surface area contributed by atoms with Crippen molar-refractivity contribution in [2.24, 2.45) is 7.05 Å². The fourth-order valence-corrected chi connectivity index (χ4v) is 3.78. The van der Waals surface area contributed by atoms with E-state index in [0.29, 0.717) is 11.5 Å². The summed E-state index contributed by atoms with van der Waals surface area (Å²) >= 11 is 0. The first-order chi connectivity index (χ1) is 11.4. The normalized spacial score (nSPS) is 13.1. The highest BCUT2D eigenvalue weighted by Gasteiger charge is 2.27. The molecule has 0 amide bonds. The van der Waals surface area contributed by atoms with Crippen LogP contribution in [0.2, 0.25) is 0 Å². The number of aromatic nitrogens is 5. The smallest absolute Gasteiger partial charge is 0.165 e. The Morgan fingerprint density at radius 3 is 2.50 bits per heavy atom. The number of hydrogen-bond acceptors (Lipinski definition) is 5. The minimum absolute atomic E-state index is 0.139. The first kappa shape index (κ1) is 16.4. The van der Waals surface area contributed by atoms with Crippen molar-refractivity contribution in [1.29, 1.82) is 0 Å². The lowest BCUT2D eigenvalue weighted by Gasteiger charge is -2.11. The van der Waals surface area contributed by atoms with Crippen molar-refractivity contribution in [3.05, 3.63) is 59.9 Å². The standard InChI is InChI=1S/C16H19N5O2S/c1-12-4-6-15(7-5-12)21-9-8-14(19-21)10-24(22,23)13(2)16-18-17-11-20(16)3/h4-9,11,13H,10H2,1-3H3. The average Bonchev–Trinajstić information content (AvgIpc) is 3.16. The lowest BCUT2D eigenvalue weighted by molar-refractivity contribution is 0.578. The quantitative estimate of drug-likeness (QED) is 0.706. The fraction of sp³-hybridized carbons (Fsp3) is 0.312. The summed E-state index contributed by atoms with van der Waals surface area (Å²) in [6.45, 7) is 3.63. The molecule has 0 saturated carbocycles. The molecule has 0 aliphatic heterocycles.